The number of carboxylic acid groups (broad SMARTS) is 1. The highest BCUT2D eigenvalue weighted by molar-refractivity contribution is 8.01. The van der Waals surface area contributed by atoms with Crippen molar-refractivity contribution in [2.45, 2.75) is 19.1 Å². The Bertz CT molecular complexity index is 277. The number of nitrogens with zero attached hydrogens (tertiary/aromatic N) is 1. The standard InChI is InChI=1S/C11H19NO4S/c1-8(2)10(11(14)15)17-7-9(13)12-3-5-16-6-4-12/h8,10H,3-7H2,1-2H3,(H,14,15). The van der Waals surface area contributed by atoms with Gasteiger partial charge in [0.25, 0.3) is 0 Å². The molecule has 1 unspecified atom stereocenters. The zero-order valence-corrected chi connectivity index (χ0v) is 11.0. The van der Waals surface area contributed by atoms with E-state index < -0.39 is 11.2 Å². The largest absolute Gasteiger partial charge is 0.480 e. The summed E-state index contributed by atoms with van der Waals surface area (Å²) >= 11 is 1.21. The van der Waals surface area contributed by atoms with E-state index in [2.05, 4.69) is 0 Å². The molecule has 0 spiro atoms. The fraction of sp³-hybridized carbons (Fsp3) is 0.818. The molecule has 6 heteroatoms. The third kappa shape index (κ3) is 4.55. The Morgan fingerprint density at radius 2 is 1.94 bits per heavy atom. The predicted octanol–water partition coefficient (Wildman–Crippen LogP) is 0.688. The Kier molecular flexibility index (Phi) is 5.77. The van der Waals surface area contributed by atoms with Crippen LogP contribution in [0.2, 0.25) is 0 Å². The van der Waals surface area contributed by atoms with Crippen LogP contribution in [0.3, 0.4) is 0 Å². The molecule has 0 bridgehead atoms. The normalized spacial score (nSPS) is 18.2. The summed E-state index contributed by atoms with van der Waals surface area (Å²) in [5.41, 5.74) is 0. The second-order valence-electron chi connectivity index (χ2n) is 4.31. The molecular weight excluding hydrogens is 242 g/mol. The van der Waals surface area contributed by atoms with Crippen molar-refractivity contribution >= 4 is 23.6 Å². The van der Waals surface area contributed by atoms with Gasteiger partial charge in [-0.15, -0.1) is 11.8 Å². The first kappa shape index (κ1) is 14.3. The monoisotopic (exact) mass is 261 g/mol. The van der Waals surface area contributed by atoms with E-state index in [1.165, 1.54) is 11.8 Å². The van der Waals surface area contributed by atoms with Crippen molar-refractivity contribution in [1.82, 2.24) is 4.90 Å². The molecule has 1 saturated heterocycles. The minimum Gasteiger partial charge on any atom is -0.480 e. The number of hydrogen-bond donors (Lipinski definition) is 1. The maximum atomic E-state index is 11.8. The maximum Gasteiger partial charge on any atom is 0.316 e. The number of morpholine rings is 1. The lowest BCUT2D eigenvalue weighted by atomic mass is 10.1. The number of amides is 1. The zero-order valence-electron chi connectivity index (χ0n) is 10.2. The SMILES string of the molecule is CC(C)C(SCC(=O)N1CCOCC1)C(=O)O. The van der Waals surface area contributed by atoms with Crippen LogP contribution in [-0.2, 0) is 14.3 Å². The van der Waals surface area contributed by atoms with Crippen molar-refractivity contribution in [2.24, 2.45) is 5.92 Å². The first-order valence-electron chi connectivity index (χ1n) is 5.72. The number of rotatable bonds is 5. The maximum absolute atomic E-state index is 11.8. The lowest BCUT2D eigenvalue weighted by Gasteiger charge is -2.27. The molecule has 0 aromatic rings. The van der Waals surface area contributed by atoms with Gasteiger partial charge in [0.15, 0.2) is 0 Å². The van der Waals surface area contributed by atoms with Crippen LogP contribution in [0.1, 0.15) is 13.8 Å². The highest BCUT2D eigenvalue weighted by atomic mass is 32.2. The number of hydrogen-bond acceptors (Lipinski definition) is 4. The summed E-state index contributed by atoms with van der Waals surface area (Å²) in [4.78, 5) is 24.5. The molecule has 0 aromatic carbocycles. The fourth-order valence-electron chi connectivity index (χ4n) is 1.61. The van der Waals surface area contributed by atoms with Crippen molar-refractivity contribution in [2.75, 3.05) is 32.1 Å². The number of carbonyl (C=O) groups excluding carboxylic acids is 1. The van der Waals surface area contributed by atoms with Gasteiger partial charge in [-0.1, -0.05) is 13.8 Å². The second kappa shape index (κ2) is 6.86. The summed E-state index contributed by atoms with van der Waals surface area (Å²) in [6.45, 7) is 6.07. The van der Waals surface area contributed by atoms with Gasteiger partial charge in [0.2, 0.25) is 5.91 Å². The molecule has 1 rings (SSSR count). The van der Waals surface area contributed by atoms with E-state index in [4.69, 9.17) is 9.84 Å². The highest BCUT2D eigenvalue weighted by Gasteiger charge is 2.24. The Labute approximate surface area is 105 Å². The van der Waals surface area contributed by atoms with Crippen LogP contribution in [-0.4, -0.2) is 59.2 Å². The smallest absolute Gasteiger partial charge is 0.316 e. The van der Waals surface area contributed by atoms with Gasteiger partial charge in [-0.05, 0) is 5.92 Å². The Morgan fingerprint density at radius 3 is 2.41 bits per heavy atom. The molecule has 5 nitrogen and oxygen atoms in total. The molecule has 1 heterocycles. The molecule has 1 N–H and O–H groups in total. The third-order valence-corrected chi connectivity index (χ3v) is 4.12. The molecule has 0 aliphatic carbocycles. The van der Waals surface area contributed by atoms with Crippen LogP contribution in [0.25, 0.3) is 0 Å². The Balaban J connectivity index is 2.37. The molecule has 1 fully saturated rings. The summed E-state index contributed by atoms with van der Waals surface area (Å²) in [6, 6.07) is 0. The van der Waals surface area contributed by atoms with E-state index in [1.807, 2.05) is 13.8 Å². The van der Waals surface area contributed by atoms with Gasteiger partial charge in [-0.2, -0.15) is 0 Å². The quantitative estimate of drug-likeness (QED) is 0.788. The zero-order chi connectivity index (χ0) is 12.8. The fourth-order valence-corrected chi connectivity index (χ4v) is 2.65. The van der Waals surface area contributed by atoms with Gasteiger partial charge in [-0.3, -0.25) is 9.59 Å². The first-order chi connectivity index (χ1) is 8.02. The number of thioether (sulfide) groups is 1. The lowest BCUT2D eigenvalue weighted by molar-refractivity contribution is -0.137. The number of carboxylic acids is 1. The Morgan fingerprint density at radius 1 is 1.35 bits per heavy atom. The van der Waals surface area contributed by atoms with Crippen molar-refractivity contribution in [3.8, 4) is 0 Å². The van der Waals surface area contributed by atoms with Gasteiger partial charge < -0.3 is 14.7 Å². The van der Waals surface area contributed by atoms with E-state index in [0.717, 1.165) is 0 Å². The van der Waals surface area contributed by atoms with Gasteiger partial charge in [0, 0.05) is 13.1 Å². The lowest BCUT2D eigenvalue weighted by Crippen LogP contribution is -2.42. The number of carbonyl (C=O) groups is 2. The molecule has 1 amide bonds. The summed E-state index contributed by atoms with van der Waals surface area (Å²) < 4.78 is 5.16. The number of aliphatic carboxylic acids is 1. The van der Waals surface area contributed by atoms with Crippen LogP contribution in [0.15, 0.2) is 0 Å². The molecule has 98 valence electrons. The molecular formula is C11H19NO4S. The molecule has 0 aromatic heterocycles. The Hall–Kier alpha value is -0.750. The van der Waals surface area contributed by atoms with Crippen LogP contribution in [0, 0.1) is 5.92 Å². The van der Waals surface area contributed by atoms with E-state index in [1.54, 1.807) is 4.90 Å². The second-order valence-corrected chi connectivity index (χ2v) is 5.44. The molecule has 0 radical (unpaired) electrons. The summed E-state index contributed by atoms with van der Waals surface area (Å²) in [5, 5.41) is 8.49. The van der Waals surface area contributed by atoms with Crippen molar-refractivity contribution in [3.05, 3.63) is 0 Å². The molecule has 0 saturated carbocycles. The average Bonchev–Trinajstić information content (AvgIpc) is 2.29. The summed E-state index contributed by atoms with van der Waals surface area (Å²) in [6.07, 6.45) is 0. The molecule has 1 aliphatic heterocycles. The van der Waals surface area contributed by atoms with Crippen molar-refractivity contribution in [3.63, 3.8) is 0 Å². The predicted molar refractivity (Wildman–Crippen MR) is 66.1 cm³/mol. The average molecular weight is 261 g/mol. The minimum absolute atomic E-state index is 0.00481. The minimum atomic E-state index is -0.847. The van der Waals surface area contributed by atoms with Crippen molar-refractivity contribution in [1.29, 1.82) is 0 Å². The van der Waals surface area contributed by atoms with Crippen LogP contribution >= 0.6 is 11.8 Å². The van der Waals surface area contributed by atoms with Gasteiger partial charge in [-0.25, -0.2) is 0 Å². The third-order valence-electron chi connectivity index (χ3n) is 2.60. The van der Waals surface area contributed by atoms with Crippen LogP contribution in [0.4, 0.5) is 0 Å². The van der Waals surface area contributed by atoms with Crippen LogP contribution in [0.5, 0.6) is 0 Å². The molecule has 1 aliphatic rings. The van der Waals surface area contributed by atoms with Gasteiger partial charge >= 0.3 is 5.97 Å². The summed E-state index contributed by atoms with van der Waals surface area (Å²) in [5.74, 6) is -0.588. The summed E-state index contributed by atoms with van der Waals surface area (Å²) in [7, 11) is 0. The van der Waals surface area contributed by atoms with E-state index in [0.29, 0.717) is 26.3 Å². The van der Waals surface area contributed by atoms with E-state index in [-0.39, 0.29) is 17.6 Å². The van der Waals surface area contributed by atoms with Gasteiger partial charge in [0.05, 0.1) is 19.0 Å². The van der Waals surface area contributed by atoms with E-state index >= 15 is 0 Å². The topological polar surface area (TPSA) is 66.8 Å². The first-order valence-corrected chi connectivity index (χ1v) is 6.77. The molecule has 1 atom stereocenters. The highest BCUT2D eigenvalue weighted by Crippen LogP contribution is 2.20. The molecule has 17 heavy (non-hydrogen) atoms. The van der Waals surface area contributed by atoms with Gasteiger partial charge in [0.1, 0.15) is 5.25 Å². The van der Waals surface area contributed by atoms with Crippen LogP contribution < -0.4 is 0 Å². The van der Waals surface area contributed by atoms with E-state index in [9.17, 15) is 9.59 Å². The van der Waals surface area contributed by atoms with Crippen molar-refractivity contribution < 1.29 is 19.4 Å². The number of ether oxygens (including phenoxy) is 1.